The van der Waals surface area contributed by atoms with Crippen molar-refractivity contribution in [2.24, 2.45) is 0 Å². The molecule has 0 amide bonds. The van der Waals surface area contributed by atoms with Crippen molar-refractivity contribution < 1.29 is 12.8 Å². The number of rotatable bonds is 2. The van der Waals surface area contributed by atoms with Crippen LogP contribution in [0.4, 0.5) is 4.39 Å². The zero-order valence-electron chi connectivity index (χ0n) is 7.99. The first-order valence-electron chi connectivity index (χ1n) is 4.20. The van der Waals surface area contributed by atoms with Crippen molar-refractivity contribution in [2.45, 2.75) is 5.16 Å². The van der Waals surface area contributed by atoms with Crippen LogP contribution in [0.5, 0.6) is 0 Å². The predicted molar refractivity (Wildman–Crippen MR) is 67.5 cm³/mol. The van der Waals surface area contributed by atoms with Gasteiger partial charge in [-0.3, -0.25) is 0 Å². The molecule has 0 atom stereocenters. The molecule has 2 aromatic rings. The van der Waals surface area contributed by atoms with Crippen LogP contribution in [0.3, 0.4) is 0 Å². The Morgan fingerprint density at radius 1 is 1.41 bits per heavy atom. The SMILES string of the molecule is O=S(=O)(Cl)c1nc(-c2ccc(F)cc2I)n[nH]1. The third-order valence-corrected chi connectivity index (χ3v) is 3.84. The first kappa shape index (κ1) is 12.7. The average molecular weight is 388 g/mol. The quantitative estimate of drug-likeness (QED) is 0.633. The molecule has 0 aliphatic carbocycles. The Kier molecular flexibility index (Phi) is 3.36. The fraction of sp³-hybridized carbons (Fsp3) is 0. The van der Waals surface area contributed by atoms with Gasteiger partial charge in [-0.1, -0.05) is 0 Å². The van der Waals surface area contributed by atoms with Gasteiger partial charge in [-0.15, -0.1) is 0 Å². The van der Waals surface area contributed by atoms with E-state index in [2.05, 4.69) is 15.2 Å². The Balaban J connectivity index is 2.51. The number of hydrogen-bond acceptors (Lipinski definition) is 4. The standard InChI is InChI=1S/C8H4ClFIN3O2S/c9-17(15,16)8-12-7(13-14-8)5-2-1-4(10)3-6(5)11/h1-3H,(H,12,13,14). The number of nitrogens with one attached hydrogen (secondary N) is 1. The summed E-state index contributed by atoms with van der Waals surface area (Å²) in [7, 11) is 1.16. The van der Waals surface area contributed by atoms with E-state index in [4.69, 9.17) is 10.7 Å². The number of H-pyrrole nitrogens is 1. The van der Waals surface area contributed by atoms with Crippen LogP contribution < -0.4 is 0 Å². The fourth-order valence-electron chi connectivity index (χ4n) is 1.15. The molecule has 2 rings (SSSR count). The summed E-state index contributed by atoms with van der Waals surface area (Å²) in [5, 5.41) is 5.49. The minimum atomic E-state index is -3.94. The molecular weight excluding hydrogens is 384 g/mol. The Labute approximate surface area is 114 Å². The molecule has 17 heavy (non-hydrogen) atoms. The van der Waals surface area contributed by atoms with Gasteiger partial charge in [0.2, 0.25) is 0 Å². The van der Waals surface area contributed by atoms with Crippen molar-refractivity contribution in [1.82, 2.24) is 15.2 Å². The lowest BCUT2D eigenvalue weighted by Gasteiger charge is -1.98. The van der Waals surface area contributed by atoms with E-state index in [-0.39, 0.29) is 11.6 Å². The largest absolute Gasteiger partial charge is 0.296 e. The molecule has 90 valence electrons. The minimum absolute atomic E-state index is 0.147. The molecule has 0 radical (unpaired) electrons. The molecule has 0 aliphatic rings. The Morgan fingerprint density at radius 3 is 2.65 bits per heavy atom. The monoisotopic (exact) mass is 387 g/mol. The number of benzene rings is 1. The normalized spacial score (nSPS) is 11.7. The van der Waals surface area contributed by atoms with Gasteiger partial charge in [0.05, 0.1) is 0 Å². The zero-order chi connectivity index (χ0) is 12.6. The molecule has 9 heteroatoms. The van der Waals surface area contributed by atoms with E-state index in [1.807, 2.05) is 22.6 Å². The van der Waals surface area contributed by atoms with E-state index in [1.165, 1.54) is 18.2 Å². The third-order valence-electron chi connectivity index (χ3n) is 1.87. The van der Waals surface area contributed by atoms with Crippen molar-refractivity contribution in [3.8, 4) is 11.4 Å². The van der Waals surface area contributed by atoms with Crippen LogP contribution in [0.25, 0.3) is 11.4 Å². The molecule has 1 N–H and O–H groups in total. The maximum absolute atomic E-state index is 12.9. The van der Waals surface area contributed by atoms with E-state index < -0.39 is 14.2 Å². The molecular formula is C8H4ClFIN3O2S. The highest BCUT2D eigenvalue weighted by Crippen LogP contribution is 2.23. The summed E-state index contributed by atoms with van der Waals surface area (Å²) in [5.74, 6) is -0.243. The van der Waals surface area contributed by atoms with Crippen molar-refractivity contribution in [2.75, 3.05) is 0 Å². The number of nitrogens with zero attached hydrogens (tertiary/aromatic N) is 2. The molecule has 0 unspecified atom stereocenters. The van der Waals surface area contributed by atoms with Crippen LogP contribution >= 0.6 is 33.3 Å². The van der Waals surface area contributed by atoms with Gasteiger partial charge >= 0.3 is 0 Å². The lowest BCUT2D eigenvalue weighted by molar-refractivity contribution is 0.602. The van der Waals surface area contributed by atoms with Gasteiger partial charge in [0, 0.05) is 19.8 Å². The number of aromatic amines is 1. The van der Waals surface area contributed by atoms with E-state index in [9.17, 15) is 12.8 Å². The summed E-state index contributed by atoms with van der Waals surface area (Å²) >= 11 is 1.90. The molecule has 0 bridgehead atoms. The first-order chi connectivity index (χ1) is 7.88. The summed E-state index contributed by atoms with van der Waals surface area (Å²) in [6.45, 7) is 0. The lowest BCUT2D eigenvalue weighted by Crippen LogP contribution is -1.93. The minimum Gasteiger partial charge on any atom is -0.248 e. The smallest absolute Gasteiger partial charge is 0.248 e. The van der Waals surface area contributed by atoms with Gasteiger partial charge in [-0.2, -0.15) is 10.1 Å². The highest BCUT2D eigenvalue weighted by atomic mass is 127. The first-order valence-corrected chi connectivity index (χ1v) is 7.59. The molecule has 0 saturated heterocycles. The van der Waals surface area contributed by atoms with Crippen LogP contribution in [-0.2, 0) is 9.05 Å². The third kappa shape index (κ3) is 2.75. The maximum atomic E-state index is 12.9. The molecule has 0 fully saturated rings. The maximum Gasteiger partial charge on any atom is 0.296 e. The van der Waals surface area contributed by atoms with Crippen LogP contribution in [0.15, 0.2) is 23.4 Å². The van der Waals surface area contributed by atoms with E-state index in [0.717, 1.165) is 0 Å². The molecule has 0 spiro atoms. The van der Waals surface area contributed by atoms with Crippen molar-refractivity contribution in [1.29, 1.82) is 0 Å². The van der Waals surface area contributed by atoms with E-state index in [1.54, 1.807) is 0 Å². The average Bonchev–Trinajstić information content (AvgIpc) is 2.65. The van der Waals surface area contributed by atoms with Crippen LogP contribution in [0, 0.1) is 9.39 Å². The molecule has 1 aromatic carbocycles. The van der Waals surface area contributed by atoms with Crippen molar-refractivity contribution >= 4 is 42.3 Å². The Bertz CT molecular complexity index is 673. The van der Waals surface area contributed by atoms with E-state index in [0.29, 0.717) is 9.13 Å². The van der Waals surface area contributed by atoms with Gasteiger partial charge < -0.3 is 0 Å². The molecule has 0 saturated carbocycles. The fourth-order valence-corrected chi connectivity index (χ4v) is 2.42. The van der Waals surface area contributed by atoms with Crippen molar-refractivity contribution in [3.05, 3.63) is 27.6 Å². The highest BCUT2D eigenvalue weighted by molar-refractivity contribution is 14.1. The van der Waals surface area contributed by atoms with Gasteiger partial charge in [-0.25, -0.2) is 17.9 Å². The summed E-state index contributed by atoms with van der Waals surface area (Å²) < 4.78 is 35.4. The van der Waals surface area contributed by atoms with Gasteiger partial charge in [0.15, 0.2) is 5.82 Å². The van der Waals surface area contributed by atoms with Gasteiger partial charge in [0.1, 0.15) is 5.82 Å². The number of halogens is 3. The van der Waals surface area contributed by atoms with Gasteiger partial charge in [-0.05, 0) is 40.8 Å². The lowest BCUT2D eigenvalue weighted by atomic mass is 10.2. The summed E-state index contributed by atoms with van der Waals surface area (Å²) in [5.41, 5.74) is 0.523. The topological polar surface area (TPSA) is 75.7 Å². The summed E-state index contributed by atoms with van der Waals surface area (Å²) in [4.78, 5) is 3.73. The Hall–Kier alpha value is -0.740. The van der Waals surface area contributed by atoms with Gasteiger partial charge in [0.25, 0.3) is 14.2 Å². The second-order valence-corrected chi connectivity index (χ2v) is 6.67. The highest BCUT2D eigenvalue weighted by Gasteiger charge is 2.17. The summed E-state index contributed by atoms with van der Waals surface area (Å²) in [6.07, 6.45) is 0. The Morgan fingerprint density at radius 2 is 2.12 bits per heavy atom. The predicted octanol–water partition coefficient (Wildman–Crippen LogP) is 2.14. The van der Waals surface area contributed by atoms with Crippen LogP contribution in [-0.4, -0.2) is 23.6 Å². The summed E-state index contributed by atoms with van der Waals surface area (Å²) in [6, 6.07) is 3.99. The zero-order valence-corrected chi connectivity index (χ0v) is 11.7. The molecule has 1 heterocycles. The van der Waals surface area contributed by atoms with Crippen LogP contribution in [0.1, 0.15) is 0 Å². The van der Waals surface area contributed by atoms with Crippen molar-refractivity contribution in [3.63, 3.8) is 0 Å². The van der Waals surface area contributed by atoms with E-state index >= 15 is 0 Å². The molecule has 1 aromatic heterocycles. The van der Waals surface area contributed by atoms with Crippen LogP contribution in [0.2, 0.25) is 0 Å². The number of hydrogen-bond donors (Lipinski definition) is 1. The molecule has 0 aliphatic heterocycles. The second kappa shape index (κ2) is 4.50. The number of aromatic nitrogens is 3. The second-order valence-electron chi connectivity index (χ2n) is 3.03. The molecule has 5 nitrogen and oxygen atoms in total.